The number of halogens is 7. The van der Waals surface area contributed by atoms with Crippen LogP contribution in [0.4, 0.5) is 26.3 Å². The molecule has 6 nitrogen and oxygen atoms in total. The second-order valence-electron chi connectivity index (χ2n) is 7.87. The average molecular weight is 540 g/mol. The molecule has 0 bridgehead atoms. The summed E-state index contributed by atoms with van der Waals surface area (Å²) in [6.45, 7) is -0.484. The van der Waals surface area contributed by atoms with Crippen LogP contribution >= 0.6 is 11.6 Å². The zero-order valence-corrected chi connectivity index (χ0v) is 19.4. The minimum atomic E-state index is -5.01. The Labute approximate surface area is 210 Å². The third-order valence-corrected chi connectivity index (χ3v) is 5.63. The largest absolute Gasteiger partial charge is 0.416 e. The number of nitrogens with one attached hydrogen (secondary N) is 1. The number of carbonyl (C=O) groups excluding carboxylic acids is 1. The standard InChI is InChI=1S/C24H16ClF6N5O/c25-19-6-2-1-4-15(19)12-33-22(37)20-21(16-5-3-7-32-11-16)36(35-34-20)13-14-8-17(23(26,27)28)10-18(9-14)24(29,30)31/h1-11H,12-13H2,(H,33,37). The molecular weight excluding hydrogens is 524 g/mol. The van der Waals surface area contributed by atoms with Gasteiger partial charge in [0.2, 0.25) is 0 Å². The molecule has 37 heavy (non-hydrogen) atoms. The van der Waals surface area contributed by atoms with E-state index >= 15 is 0 Å². The van der Waals surface area contributed by atoms with E-state index in [1.54, 1.807) is 36.4 Å². The van der Waals surface area contributed by atoms with E-state index in [4.69, 9.17) is 11.6 Å². The Morgan fingerprint density at radius 3 is 2.22 bits per heavy atom. The van der Waals surface area contributed by atoms with Crippen molar-refractivity contribution in [3.63, 3.8) is 0 Å². The van der Waals surface area contributed by atoms with Gasteiger partial charge in [-0.05, 0) is 47.5 Å². The van der Waals surface area contributed by atoms with Gasteiger partial charge in [-0.3, -0.25) is 9.78 Å². The highest BCUT2D eigenvalue weighted by molar-refractivity contribution is 6.31. The van der Waals surface area contributed by atoms with Crippen molar-refractivity contribution in [2.24, 2.45) is 0 Å². The molecule has 4 rings (SSSR count). The fourth-order valence-corrected chi connectivity index (χ4v) is 3.75. The zero-order valence-electron chi connectivity index (χ0n) is 18.6. The summed E-state index contributed by atoms with van der Waals surface area (Å²) in [6, 6.07) is 11.1. The Bertz CT molecular complexity index is 1390. The molecule has 0 aliphatic rings. The lowest BCUT2D eigenvalue weighted by molar-refractivity contribution is -0.143. The van der Waals surface area contributed by atoms with Crippen molar-refractivity contribution in [1.29, 1.82) is 0 Å². The van der Waals surface area contributed by atoms with Crippen LogP contribution in [0.15, 0.2) is 67.0 Å². The van der Waals surface area contributed by atoms with Crippen LogP contribution in [-0.4, -0.2) is 25.9 Å². The van der Waals surface area contributed by atoms with Crippen LogP contribution in [-0.2, 0) is 25.4 Å². The number of rotatable bonds is 6. The first-order valence-electron chi connectivity index (χ1n) is 10.6. The van der Waals surface area contributed by atoms with Gasteiger partial charge in [-0.1, -0.05) is 35.0 Å². The van der Waals surface area contributed by atoms with Gasteiger partial charge in [-0.2, -0.15) is 26.3 Å². The predicted octanol–water partition coefficient (Wildman–Crippen LogP) is 6.01. The smallest absolute Gasteiger partial charge is 0.346 e. The first-order chi connectivity index (χ1) is 17.4. The van der Waals surface area contributed by atoms with Crippen molar-refractivity contribution in [1.82, 2.24) is 25.3 Å². The molecule has 1 amide bonds. The van der Waals surface area contributed by atoms with Crippen LogP contribution in [0.1, 0.15) is 32.7 Å². The summed E-state index contributed by atoms with van der Waals surface area (Å²) < 4.78 is 80.9. The molecule has 0 fully saturated rings. The van der Waals surface area contributed by atoms with E-state index in [2.05, 4.69) is 20.6 Å². The van der Waals surface area contributed by atoms with Crippen LogP contribution in [0, 0.1) is 0 Å². The Hall–Kier alpha value is -3.93. The highest BCUT2D eigenvalue weighted by atomic mass is 35.5. The van der Waals surface area contributed by atoms with Gasteiger partial charge >= 0.3 is 12.4 Å². The summed E-state index contributed by atoms with van der Waals surface area (Å²) in [5.74, 6) is -0.676. The van der Waals surface area contributed by atoms with E-state index in [0.29, 0.717) is 28.3 Å². The lowest BCUT2D eigenvalue weighted by Gasteiger charge is -2.15. The van der Waals surface area contributed by atoms with Crippen LogP contribution < -0.4 is 5.32 Å². The monoisotopic (exact) mass is 539 g/mol. The molecule has 0 aliphatic heterocycles. The molecule has 2 aromatic carbocycles. The van der Waals surface area contributed by atoms with Crippen LogP contribution in [0.25, 0.3) is 11.3 Å². The maximum Gasteiger partial charge on any atom is 0.416 e. The number of aromatic nitrogens is 4. The molecule has 0 radical (unpaired) electrons. The van der Waals surface area contributed by atoms with Gasteiger partial charge in [0.05, 0.1) is 17.7 Å². The topological polar surface area (TPSA) is 72.7 Å². The normalized spacial score (nSPS) is 12.0. The van der Waals surface area contributed by atoms with E-state index in [9.17, 15) is 31.1 Å². The maximum absolute atomic E-state index is 13.3. The van der Waals surface area contributed by atoms with Gasteiger partial charge in [0.25, 0.3) is 5.91 Å². The van der Waals surface area contributed by atoms with E-state index in [1.165, 1.54) is 12.4 Å². The van der Waals surface area contributed by atoms with Crippen molar-refractivity contribution in [2.75, 3.05) is 0 Å². The molecule has 13 heteroatoms. The molecule has 192 valence electrons. The number of hydrogen-bond acceptors (Lipinski definition) is 4. The van der Waals surface area contributed by atoms with Crippen LogP contribution in [0.2, 0.25) is 5.02 Å². The van der Waals surface area contributed by atoms with Crippen molar-refractivity contribution < 1.29 is 31.1 Å². The van der Waals surface area contributed by atoms with E-state index in [-0.39, 0.29) is 29.6 Å². The van der Waals surface area contributed by atoms with Crippen molar-refractivity contribution >= 4 is 17.5 Å². The quantitative estimate of drug-likeness (QED) is 0.305. The van der Waals surface area contributed by atoms with Crippen LogP contribution in [0.5, 0.6) is 0 Å². The van der Waals surface area contributed by atoms with E-state index in [1.807, 2.05) is 0 Å². The highest BCUT2D eigenvalue weighted by Crippen LogP contribution is 2.36. The molecule has 2 heterocycles. The number of amides is 1. The molecule has 0 aliphatic carbocycles. The predicted molar refractivity (Wildman–Crippen MR) is 121 cm³/mol. The number of pyridine rings is 1. The molecule has 0 unspecified atom stereocenters. The van der Waals surface area contributed by atoms with Gasteiger partial charge in [0.15, 0.2) is 5.69 Å². The third kappa shape index (κ3) is 6.08. The SMILES string of the molecule is O=C(NCc1ccccc1Cl)c1nnn(Cc2cc(C(F)(F)F)cc(C(F)(F)F)c2)c1-c1cccnc1. The summed E-state index contributed by atoms with van der Waals surface area (Å²) >= 11 is 6.11. The summed E-state index contributed by atoms with van der Waals surface area (Å²) in [7, 11) is 0. The zero-order chi connectivity index (χ0) is 26.8. The van der Waals surface area contributed by atoms with Gasteiger partial charge in [-0.25, -0.2) is 4.68 Å². The fourth-order valence-electron chi connectivity index (χ4n) is 3.55. The number of hydrogen-bond donors (Lipinski definition) is 1. The van der Waals surface area contributed by atoms with Gasteiger partial charge in [0, 0.05) is 29.5 Å². The number of nitrogens with zero attached hydrogens (tertiary/aromatic N) is 4. The minimum Gasteiger partial charge on any atom is -0.346 e. The second kappa shape index (κ2) is 10.2. The molecular formula is C24H16ClF6N5O. The number of benzene rings is 2. The minimum absolute atomic E-state index is 0.0421. The molecule has 4 aromatic rings. The summed E-state index contributed by atoms with van der Waals surface area (Å²) in [4.78, 5) is 16.9. The van der Waals surface area contributed by atoms with Crippen molar-refractivity contribution in [2.45, 2.75) is 25.4 Å². The van der Waals surface area contributed by atoms with Gasteiger partial charge in [0.1, 0.15) is 5.69 Å². The second-order valence-corrected chi connectivity index (χ2v) is 8.28. The van der Waals surface area contributed by atoms with Gasteiger partial charge < -0.3 is 5.32 Å². The molecule has 0 saturated heterocycles. The Balaban J connectivity index is 1.72. The number of carbonyl (C=O) groups is 1. The van der Waals surface area contributed by atoms with Crippen molar-refractivity contribution in [3.05, 3.63) is 100.0 Å². The summed E-state index contributed by atoms with van der Waals surface area (Å²) in [6.07, 6.45) is -7.19. The molecule has 0 saturated carbocycles. The van der Waals surface area contributed by atoms with Gasteiger partial charge in [-0.15, -0.1) is 5.10 Å². The number of alkyl halides is 6. The van der Waals surface area contributed by atoms with Crippen LogP contribution in [0.3, 0.4) is 0 Å². The molecule has 1 N–H and O–H groups in total. The fraction of sp³-hybridized carbons (Fsp3) is 0.167. The lowest BCUT2D eigenvalue weighted by Crippen LogP contribution is -2.24. The summed E-state index contributed by atoms with van der Waals surface area (Å²) in [5.41, 5.74) is -2.43. The van der Waals surface area contributed by atoms with E-state index < -0.39 is 35.9 Å². The maximum atomic E-state index is 13.3. The first-order valence-corrected chi connectivity index (χ1v) is 10.9. The summed E-state index contributed by atoms with van der Waals surface area (Å²) in [5, 5.41) is 10.8. The van der Waals surface area contributed by atoms with Crippen molar-refractivity contribution in [3.8, 4) is 11.3 Å². The third-order valence-electron chi connectivity index (χ3n) is 5.26. The molecule has 2 aromatic heterocycles. The first kappa shape index (κ1) is 26.1. The highest BCUT2D eigenvalue weighted by Gasteiger charge is 2.37. The molecule has 0 atom stereocenters. The average Bonchev–Trinajstić information content (AvgIpc) is 3.26. The van der Waals surface area contributed by atoms with E-state index in [0.717, 1.165) is 4.68 Å². The Morgan fingerprint density at radius 1 is 0.946 bits per heavy atom. The molecule has 0 spiro atoms. The lowest BCUT2D eigenvalue weighted by atomic mass is 10.0. The Morgan fingerprint density at radius 2 is 1.62 bits per heavy atom. The Kier molecular flexibility index (Phi) is 7.21.